The summed E-state index contributed by atoms with van der Waals surface area (Å²) in [4.78, 5) is 0. The van der Waals surface area contributed by atoms with Gasteiger partial charge in [0.25, 0.3) is 10.1 Å². The summed E-state index contributed by atoms with van der Waals surface area (Å²) in [5.41, 5.74) is 0.285. The van der Waals surface area contributed by atoms with E-state index in [1.165, 1.54) is 38.5 Å². The number of rotatable bonds is 5. The fraction of sp³-hybridized carbons (Fsp3) is 1.00. The van der Waals surface area contributed by atoms with Crippen molar-refractivity contribution in [2.24, 2.45) is 17.8 Å². The Bertz CT molecular complexity index is 410. The van der Waals surface area contributed by atoms with E-state index in [0.29, 0.717) is 13.0 Å². The summed E-state index contributed by atoms with van der Waals surface area (Å²) >= 11 is 0. The van der Waals surface area contributed by atoms with Crippen LogP contribution >= 0.6 is 0 Å². The maximum Gasteiger partial charge on any atom is 0.267 e. The first kappa shape index (κ1) is 13.8. The summed E-state index contributed by atoms with van der Waals surface area (Å²) in [5.74, 6) is 2.70. The Balaban J connectivity index is 1.56. The van der Waals surface area contributed by atoms with Crippen LogP contribution in [0.4, 0.5) is 0 Å². The van der Waals surface area contributed by atoms with Gasteiger partial charge < -0.3 is 5.32 Å². The Kier molecular flexibility index (Phi) is 3.43. The summed E-state index contributed by atoms with van der Waals surface area (Å²) in [6.07, 6.45) is 8.59. The van der Waals surface area contributed by atoms with E-state index < -0.39 is 15.4 Å². The second kappa shape index (κ2) is 4.71. The molecule has 110 valence electrons. The fourth-order valence-electron chi connectivity index (χ4n) is 5.02. The van der Waals surface area contributed by atoms with Crippen molar-refractivity contribution in [3.8, 4) is 0 Å². The van der Waals surface area contributed by atoms with Crippen LogP contribution in [0.25, 0.3) is 0 Å². The molecule has 4 rings (SSSR count). The van der Waals surface area contributed by atoms with E-state index >= 15 is 0 Å². The van der Waals surface area contributed by atoms with Crippen molar-refractivity contribution in [2.45, 2.75) is 62.7 Å². The average Bonchev–Trinajstić information content (AvgIpc) is 2.25. The van der Waals surface area contributed by atoms with Crippen LogP contribution in [0.5, 0.6) is 0 Å². The van der Waals surface area contributed by atoms with Crippen LogP contribution in [0.15, 0.2) is 0 Å². The number of nitrogens with one attached hydrogen (secondary N) is 1. The van der Waals surface area contributed by atoms with Gasteiger partial charge >= 0.3 is 0 Å². The van der Waals surface area contributed by atoms with Gasteiger partial charge in [-0.2, -0.15) is 8.42 Å². The van der Waals surface area contributed by atoms with Crippen LogP contribution < -0.4 is 5.32 Å². The molecule has 2 N–H and O–H groups in total. The monoisotopic (exact) mass is 287 g/mol. The smallest absolute Gasteiger partial charge is 0.267 e. The molecule has 1 unspecified atom stereocenters. The van der Waals surface area contributed by atoms with Gasteiger partial charge in [0.2, 0.25) is 0 Å². The van der Waals surface area contributed by atoms with Gasteiger partial charge in [0.1, 0.15) is 0 Å². The highest BCUT2D eigenvalue weighted by Crippen LogP contribution is 2.55. The van der Waals surface area contributed by atoms with Crippen molar-refractivity contribution < 1.29 is 13.0 Å². The molecule has 4 aliphatic rings. The normalized spacial score (nSPS) is 42.5. The Hall–Kier alpha value is -0.130. The summed E-state index contributed by atoms with van der Waals surface area (Å²) in [6.45, 7) is 2.28. The van der Waals surface area contributed by atoms with Crippen LogP contribution in [0, 0.1) is 17.8 Å². The third kappa shape index (κ3) is 2.83. The van der Waals surface area contributed by atoms with E-state index in [1.807, 2.05) is 0 Å². The predicted octanol–water partition coefficient (Wildman–Crippen LogP) is 2.21. The second-order valence-electron chi connectivity index (χ2n) is 7.24. The van der Waals surface area contributed by atoms with E-state index in [9.17, 15) is 8.42 Å². The Labute approximate surface area is 116 Å². The summed E-state index contributed by atoms with van der Waals surface area (Å²) in [7, 11) is -3.87. The minimum atomic E-state index is -3.87. The molecular formula is C14H25NO3S. The van der Waals surface area contributed by atoms with Crippen LogP contribution in [0.2, 0.25) is 0 Å². The molecule has 0 heterocycles. The third-order valence-corrected chi connectivity index (χ3v) is 6.85. The summed E-state index contributed by atoms with van der Waals surface area (Å²) in [5, 5.41) is 3.00. The molecule has 0 aromatic rings. The molecule has 4 nitrogen and oxygen atoms in total. The molecule has 0 radical (unpaired) electrons. The summed E-state index contributed by atoms with van der Waals surface area (Å²) in [6, 6.07) is 0. The Morgan fingerprint density at radius 2 is 1.63 bits per heavy atom. The van der Waals surface area contributed by atoms with Gasteiger partial charge in [0.15, 0.2) is 0 Å². The Morgan fingerprint density at radius 1 is 1.16 bits per heavy atom. The predicted molar refractivity (Wildman–Crippen MR) is 74.5 cm³/mol. The van der Waals surface area contributed by atoms with Crippen LogP contribution in [0.1, 0.15) is 51.9 Å². The molecule has 0 spiro atoms. The van der Waals surface area contributed by atoms with Gasteiger partial charge in [0.05, 0.1) is 5.25 Å². The van der Waals surface area contributed by atoms with Crippen molar-refractivity contribution >= 4 is 10.1 Å². The molecule has 0 aliphatic heterocycles. The quantitative estimate of drug-likeness (QED) is 0.761. The minimum Gasteiger partial charge on any atom is -0.311 e. The van der Waals surface area contributed by atoms with Crippen molar-refractivity contribution in [2.75, 3.05) is 6.54 Å². The highest BCUT2D eigenvalue weighted by atomic mass is 32.2. The largest absolute Gasteiger partial charge is 0.311 e. The lowest BCUT2D eigenvalue weighted by atomic mass is 9.53. The first-order valence-corrected chi connectivity index (χ1v) is 9.08. The van der Waals surface area contributed by atoms with Crippen molar-refractivity contribution in [3.63, 3.8) is 0 Å². The second-order valence-corrected chi connectivity index (χ2v) is 9.07. The molecule has 0 saturated heterocycles. The molecule has 4 saturated carbocycles. The standard InChI is InChI=1S/C14H25NO3S/c1-10(19(16,17)18)2-3-15-14-7-11-4-12(8-14)6-13(5-11)9-14/h10-13,15H,2-9H2,1H3,(H,16,17,18)/t10?,11-,12+,13?,14?. The van der Waals surface area contributed by atoms with E-state index in [4.69, 9.17) is 4.55 Å². The maximum atomic E-state index is 11.0. The Morgan fingerprint density at radius 3 is 2.05 bits per heavy atom. The van der Waals surface area contributed by atoms with E-state index in [2.05, 4.69) is 5.32 Å². The van der Waals surface area contributed by atoms with Crippen molar-refractivity contribution in [1.29, 1.82) is 0 Å². The topological polar surface area (TPSA) is 66.4 Å². The van der Waals surface area contributed by atoms with Crippen LogP contribution in [0.3, 0.4) is 0 Å². The zero-order chi connectivity index (χ0) is 13.7. The van der Waals surface area contributed by atoms with Gasteiger partial charge in [-0.1, -0.05) is 0 Å². The van der Waals surface area contributed by atoms with E-state index in [-0.39, 0.29) is 5.54 Å². The highest BCUT2D eigenvalue weighted by Gasteiger charge is 2.50. The first-order valence-electron chi connectivity index (χ1n) is 7.58. The number of hydrogen-bond acceptors (Lipinski definition) is 3. The van der Waals surface area contributed by atoms with Gasteiger partial charge in [0, 0.05) is 5.54 Å². The van der Waals surface area contributed by atoms with Gasteiger partial charge in [-0.25, -0.2) is 0 Å². The van der Waals surface area contributed by atoms with Crippen LogP contribution in [-0.4, -0.2) is 30.3 Å². The molecule has 4 fully saturated rings. The van der Waals surface area contributed by atoms with Gasteiger partial charge in [-0.15, -0.1) is 0 Å². The van der Waals surface area contributed by atoms with Crippen LogP contribution in [-0.2, 0) is 10.1 Å². The molecular weight excluding hydrogens is 262 g/mol. The third-order valence-electron chi connectivity index (χ3n) is 5.60. The van der Waals surface area contributed by atoms with Crippen molar-refractivity contribution in [1.82, 2.24) is 5.32 Å². The molecule has 1 atom stereocenters. The first-order chi connectivity index (χ1) is 8.86. The van der Waals surface area contributed by atoms with E-state index in [1.54, 1.807) is 6.92 Å². The molecule has 0 aromatic heterocycles. The highest BCUT2D eigenvalue weighted by molar-refractivity contribution is 7.86. The molecule has 5 heteroatoms. The maximum absolute atomic E-state index is 11.0. The molecule has 19 heavy (non-hydrogen) atoms. The van der Waals surface area contributed by atoms with Gasteiger partial charge in [-0.3, -0.25) is 4.55 Å². The summed E-state index contributed by atoms with van der Waals surface area (Å²) < 4.78 is 31.0. The molecule has 0 aromatic carbocycles. The SMILES string of the molecule is CC(CCNC12CC3C[C@H](C1)C[C@@H](C3)C2)S(=O)(=O)O. The zero-order valence-corrected chi connectivity index (χ0v) is 12.5. The lowest BCUT2D eigenvalue weighted by molar-refractivity contribution is -0.0195. The fourth-order valence-corrected chi connectivity index (χ4v) is 5.43. The lowest BCUT2D eigenvalue weighted by Crippen LogP contribution is -2.58. The van der Waals surface area contributed by atoms with Crippen molar-refractivity contribution in [3.05, 3.63) is 0 Å². The average molecular weight is 287 g/mol. The zero-order valence-electron chi connectivity index (χ0n) is 11.6. The molecule has 4 aliphatic carbocycles. The molecule has 4 bridgehead atoms. The van der Waals surface area contributed by atoms with Gasteiger partial charge in [-0.05, 0) is 76.2 Å². The lowest BCUT2D eigenvalue weighted by Gasteiger charge is -2.57. The van der Waals surface area contributed by atoms with E-state index in [0.717, 1.165) is 17.8 Å². The minimum absolute atomic E-state index is 0.285. The molecule has 0 amide bonds. The number of hydrogen-bond donors (Lipinski definition) is 2.